The summed E-state index contributed by atoms with van der Waals surface area (Å²) in [6, 6.07) is 12.8. The number of anilines is 2. The van der Waals surface area contributed by atoms with Crippen LogP contribution in [0, 0.1) is 11.8 Å². The van der Waals surface area contributed by atoms with Crippen molar-refractivity contribution in [2.75, 3.05) is 9.80 Å². The van der Waals surface area contributed by atoms with Crippen LogP contribution in [0.15, 0.2) is 54.6 Å². The minimum atomic E-state index is -0.880. The number of carbonyl (C=O) groups excluding carboxylic acids is 3. The standard InChI is InChI=1S/C21H16ClN3O3/c22-12-6-8-13(9-7-12)24-20(27)16-15-10-5-11-3-1-2-4-14(11)25(15)18(19(23)26)17(16)21(24)28/h1-10,15-18H,(H2,23,26)/t15-,16-,17+,18-/m0/s1. The van der Waals surface area contributed by atoms with Crippen molar-refractivity contribution in [3.63, 3.8) is 0 Å². The Labute approximate surface area is 166 Å². The van der Waals surface area contributed by atoms with E-state index in [0.717, 1.165) is 16.2 Å². The van der Waals surface area contributed by atoms with Crippen molar-refractivity contribution in [2.45, 2.75) is 12.1 Å². The van der Waals surface area contributed by atoms with E-state index in [0.29, 0.717) is 10.7 Å². The highest BCUT2D eigenvalue weighted by Crippen LogP contribution is 2.48. The lowest BCUT2D eigenvalue weighted by Crippen LogP contribution is -2.50. The number of nitrogens with zero attached hydrogens (tertiary/aromatic N) is 2. The fraction of sp³-hybridized carbons (Fsp3) is 0.190. The summed E-state index contributed by atoms with van der Waals surface area (Å²) in [6.45, 7) is 0. The highest BCUT2D eigenvalue weighted by atomic mass is 35.5. The van der Waals surface area contributed by atoms with Gasteiger partial charge in [-0.1, -0.05) is 42.0 Å². The third-order valence-electron chi connectivity index (χ3n) is 5.79. The van der Waals surface area contributed by atoms with Crippen molar-refractivity contribution in [3.05, 3.63) is 65.2 Å². The van der Waals surface area contributed by atoms with Gasteiger partial charge in [0.05, 0.1) is 23.6 Å². The van der Waals surface area contributed by atoms with Gasteiger partial charge in [0.2, 0.25) is 17.7 Å². The summed E-state index contributed by atoms with van der Waals surface area (Å²) in [5.74, 6) is -2.81. The van der Waals surface area contributed by atoms with Crippen molar-refractivity contribution in [2.24, 2.45) is 17.6 Å². The van der Waals surface area contributed by atoms with Gasteiger partial charge in [0.15, 0.2) is 0 Å². The van der Waals surface area contributed by atoms with E-state index in [1.165, 1.54) is 0 Å². The number of para-hydroxylation sites is 1. The zero-order chi connectivity index (χ0) is 19.6. The van der Waals surface area contributed by atoms with Gasteiger partial charge in [-0.15, -0.1) is 0 Å². The minimum absolute atomic E-state index is 0.319. The third-order valence-corrected chi connectivity index (χ3v) is 6.04. The van der Waals surface area contributed by atoms with Crippen molar-refractivity contribution in [3.8, 4) is 0 Å². The maximum Gasteiger partial charge on any atom is 0.241 e. The summed E-state index contributed by atoms with van der Waals surface area (Å²) >= 11 is 5.93. The number of hydrogen-bond acceptors (Lipinski definition) is 4. The monoisotopic (exact) mass is 393 g/mol. The molecule has 3 aliphatic rings. The molecule has 0 unspecified atom stereocenters. The first-order valence-electron chi connectivity index (χ1n) is 8.97. The van der Waals surface area contributed by atoms with Gasteiger partial charge in [-0.05, 0) is 35.9 Å². The molecule has 0 radical (unpaired) electrons. The summed E-state index contributed by atoms with van der Waals surface area (Å²) in [5, 5.41) is 0.510. The number of rotatable bonds is 2. The first kappa shape index (κ1) is 17.0. The SMILES string of the molecule is NC(=O)[C@@H]1[C@@H]2C(=O)N(c3ccc(Cl)cc3)C(=O)[C@H]2[C@@H]2C=Cc3ccccc3N12. The van der Waals surface area contributed by atoms with Crippen LogP contribution in [-0.4, -0.2) is 29.8 Å². The second-order valence-electron chi connectivity index (χ2n) is 7.20. The second-order valence-corrected chi connectivity index (χ2v) is 7.64. The van der Waals surface area contributed by atoms with E-state index >= 15 is 0 Å². The number of imide groups is 1. The molecule has 2 aromatic carbocycles. The number of amides is 3. The molecule has 7 heteroatoms. The number of hydrogen-bond donors (Lipinski definition) is 1. The van der Waals surface area contributed by atoms with E-state index in [4.69, 9.17) is 17.3 Å². The highest BCUT2D eigenvalue weighted by molar-refractivity contribution is 6.31. The molecule has 3 heterocycles. The van der Waals surface area contributed by atoms with Crippen LogP contribution < -0.4 is 15.5 Å². The molecule has 6 nitrogen and oxygen atoms in total. The number of carbonyl (C=O) groups is 3. The van der Waals surface area contributed by atoms with Crippen LogP contribution in [0.2, 0.25) is 5.02 Å². The molecule has 3 aliphatic heterocycles. The molecule has 4 atom stereocenters. The van der Waals surface area contributed by atoms with Gasteiger partial charge in [-0.2, -0.15) is 0 Å². The van der Waals surface area contributed by atoms with Gasteiger partial charge in [0, 0.05) is 10.7 Å². The fourth-order valence-corrected chi connectivity index (χ4v) is 4.81. The largest absolute Gasteiger partial charge is 0.368 e. The van der Waals surface area contributed by atoms with Crippen molar-refractivity contribution >= 4 is 46.8 Å². The zero-order valence-electron chi connectivity index (χ0n) is 14.7. The number of primary amides is 1. The van der Waals surface area contributed by atoms with Crippen molar-refractivity contribution in [1.29, 1.82) is 0 Å². The lowest BCUT2D eigenvalue weighted by atomic mass is 9.88. The Bertz CT molecular complexity index is 1050. The summed E-state index contributed by atoms with van der Waals surface area (Å²) < 4.78 is 0. The van der Waals surface area contributed by atoms with Crippen LogP contribution in [0.25, 0.3) is 6.08 Å². The predicted molar refractivity (Wildman–Crippen MR) is 106 cm³/mol. The quantitative estimate of drug-likeness (QED) is 0.793. The summed E-state index contributed by atoms with van der Waals surface area (Å²) in [7, 11) is 0. The van der Waals surface area contributed by atoms with E-state index < -0.39 is 35.7 Å². The minimum Gasteiger partial charge on any atom is -0.368 e. The number of fused-ring (bicyclic) bond motifs is 5. The maximum atomic E-state index is 13.3. The van der Waals surface area contributed by atoms with E-state index in [1.54, 1.807) is 24.3 Å². The summed E-state index contributed by atoms with van der Waals surface area (Å²) in [6.07, 6.45) is 3.82. The number of nitrogens with two attached hydrogens (primary N) is 1. The molecule has 28 heavy (non-hydrogen) atoms. The first-order valence-corrected chi connectivity index (χ1v) is 9.35. The second kappa shape index (κ2) is 5.94. The summed E-state index contributed by atoms with van der Waals surface area (Å²) in [5.41, 5.74) is 7.92. The molecule has 0 aliphatic carbocycles. The van der Waals surface area contributed by atoms with E-state index in [-0.39, 0.29) is 5.91 Å². The molecular formula is C21H16ClN3O3. The van der Waals surface area contributed by atoms with Crippen LogP contribution in [0.4, 0.5) is 11.4 Å². The Kier molecular flexibility index (Phi) is 3.61. The van der Waals surface area contributed by atoms with Gasteiger partial charge >= 0.3 is 0 Å². The molecule has 0 bridgehead atoms. The molecule has 2 aromatic rings. The molecule has 140 valence electrons. The average Bonchev–Trinajstić information content (AvgIpc) is 3.16. The Morgan fingerprint density at radius 1 is 0.964 bits per heavy atom. The lowest BCUT2D eigenvalue weighted by Gasteiger charge is -2.35. The predicted octanol–water partition coefficient (Wildman–Crippen LogP) is 2.22. The lowest BCUT2D eigenvalue weighted by molar-refractivity contribution is -0.127. The highest BCUT2D eigenvalue weighted by Gasteiger charge is 2.64. The molecule has 5 rings (SSSR count). The molecule has 0 spiro atoms. The smallest absolute Gasteiger partial charge is 0.241 e. The zero-order valence-corrected chi connectivity index (χ0v) is 15.4. The van der Waals surface area contributed by atoms with Crippen molar-refractivity contribution < 1.29 is 14.4 Å². The van der Waals surface area contributed by atoms with Crippen LogP contribution >= 0.6 is 11.6 Å². The molecule has 3 amide bonds. The summed E-state index contributed by atoms with van der Waals surface area (Å²) in [4.78, 5) is 41.9. The number of benzene rings is 2. The topological polar surface area (TPSA) is 83.7 Å². The molecule has 2 saturated heterocycles. The van der Waals surface area contributed by atoms with E-state index in [1.807, 2.05) is 41.3 Å². The van der Waals surface area contributed by atoms with Crippen LogP contribution in [-0.2, 0) is 14.4 Å². The molecule has 2 N–H and O–H groups in total. The van der Waals surface area contributed by atoms with Crippen LogP contribution in [0.1, 0.15) is 5.56 Å². The normalized spacial score (nSPS) is 27.6. The van der Waals surface area contributed by atoms with E-state index in [2.05, 4.69) is 0 Å². The molecular weight excluding hydrogens is 378 g/mol. The number of halogens is 1. The van der Waals surface area contributed by atoms with Gasteiger partial charge < -0.3 is 10.6 Å². The van der Waals surface area contributed by atoms with Crippen LogP contribution in [0.3, 0.4) is 0 Å². The average molecular weight is 394 g/mol. The van der Waals surface area contributed by atoms with E-state index in [9.17, 15) is 14.4 Å². The molecule has 0 aromatic heterocycles. The van der Waals surface area contributed by atoms with Gasteiger partial charge in [0.25, 0.3) is 0 Å². The molecule has 0 saturated carbocycles. The van der Waals surface area contributed by atoms with Crippen LogP contribution in [0.5, 0.6) is 0 Å². The van der Waals surface area contributed by atoms with Crippen molar-refractivity contribution in [1.82, 2.24) is 0 Å². The van der Waals surface area contributed by atoms with Gasteiger partial charge in [-0.25, -0.2) is 4.90 Å². The van der Waals surface area contributed by atoms with Gasteiger partial charge in [-0.3, -0.25) is 14.4 Å². The van der Waals surface area contributed by atoms with Gasteiger partial charge in [0.1, 0.15) is 6.04 Å². The first-order chi connectivity index (χ1) is 13.5. The fourth-order valence-electron chi connectivity index (χ4n) is 4.68. The Balaban J connectivity index is 1.62. The Morgan fingerprint density at radius 2 is 1.64 bits per heavy atom. The molecule has 2 fully saturated rings. The third kappa shape index (κ3) is 2.18. The maximum absolute atomic E-state index is 13.3. The Morgan fingerprint density at radius 3 is 2.36 bits per heavy atom. The Hall–Kier alpha value is -3.12.